The van der Waals surface area contributed by atoms with Crippen LogP contribution in [0.5, 0.6) is 5.75 Å². The first-order valence-corrected chi connectivity index (χ1v) is 8.97. The fourth-order valence-electron chi connectivity index (χ4n) is 3.60. The van der Waals surface area contributed by atoms with E-state index in [1.165, 1.54) is 0 Å². The lowest BCUT2D eigenvalue weighted by Crippen LogP contribution is -2.15. The highest BCUT2D eigenvalue weighted by molar-refractivity contribution is 5.97. The van der Waals surface area contributed by atoms with Crippen molar-refractivity contribution in [1.29, 1.82) is 0 Å². The fraction of sp³-hybridized carbons (Fsp3) is 0.250. The molecule has 1 fully saturated rings. The molecule has 5 rings (SSSR count). The number of rotatable bonds is 4. The molecule has 0 spiro atoms. The van der Waals surface area contributed by atoms with Crippen LogP contribution in [0.4, 0.5) is 10.2 Å². The fourth-order valence-corrected chi connectivity index (χ4v) is 3.60. The first kappa shape index (κ1) is 16.7. The van der Waals surface area contributed by atoms with E-state index >= 15 is 0 Å². The molecule has 3 aromatic heterocycles. The number of nitrogens with one attached hydrogen (secondary N) is 2. The number of benzene rings is 1. The van der Waals surface area contributed by atoms with E-state index in [4.69, 9.17) is 4.74 Å². The zero-order valence-electron chi connectivity index (χ0n) is 15.4. The van der Waals surface area contributed by atoms with Crippen LogP contribution in [-0.2, 0) is 11.8 Å². The smallest absolute Gasteiger partial charge is 0.231 e. The maximum atomic E-state index is 13.1. The monoisotopic (exact) mass is 379 g/mol. The number of hydrogen-bond donors (Lipinski definition) is 2. The molecule has 28 heavy (non-hydrogen) atoms. The third-order valence-corrected chi connectivity index (χ3v) is 5.25. The van der Waals surface area contributed by atoms with Crippen LogP contribution in [0.25, 0.3) is 33.2 Å². The Labute approximate surface area is 159 Å². The Bertz CT molecular complexity index is 1230. The Hall–Kier alpha value is -3.42. The van der Waals surface area contributed by atoms with Gasteiger partial charge in [0.1, 0.15) is 17.5 Å². The summed E-state index contributed by atoms with van der Waals surface area (Å²) in [5.41, 5.74) is 4.42. The molecule has 4 aromatic rings. The predicted molar refractivity (Wildman–Crippen MR) is 104 cm³/mol. The van der Waals surface area contributed by atoms with Crippen LogP contribution in [0, 0.1) is 5.92 Å². The number of aryl methyl sites for hydroxylation is 1. The number of alkyl halides is 1. The normalized spacial score (nSPS) is 18.5. The summed E-state index contributed by atoms with van der Waals surface area (Å²) < 4.78 is 20.7. The molecule has 2 unspecified atom stereocenters. The topological polar surface area (TPSA) is 84.8 Å². The molecule has 1 aliphatic rings. The first-order valence-electron chi connectivity index (χ1n) is 8.97. The first-order chi connectivity index (χ1) is 13.6. The van der Waals surface area contributed by atoms with Crippen LogP contribution in [0.3, 0.4) is 0 Å². The molecule has 2 N–H and O–H groups in total. The number of pyridine rings is 1. The molecule has 1 amide bonds. The summed E-state index contributed by atoms with van der Waals surface area (Å²) in [4.78, 5) is 23.7. The molecule has 1 saturated carbocycles. The second-order valence-corrected chi connectivity index (χ2v) is 7.01. The van der Waals surface area contributed by atoms with Crippen LogP contribution >= 0.6 is 0 Å². The van der Waals surface area contributed by atoms with Gasteiger partial charge in [0.25, 0.3) is 0 Å². The van der Waals surface area contributed by atoms with Crippen molar-refractivity contribution in [3.8, 4) is 17.0 Å². The summed E-state index contributed by atoms with van der Waals surface area (Å²) in [6, 6.07) is 7.76. The van der Waals surface area contributed by atoms with E-state index in [1.54, 1.807) is 25.7 Å². The van der Waals surface area contributed by atoms with Gasteiger partial charge in [-0.2, -0.15) is 0 Å². The van der Waals surface area contributed by atoms with E-state index in [9.17, 15) is 9.18 Å². The Morgan fingerprint density at radius 1 is 1.36 bits per heavy atom. The summed E-state index contributed by atoms with van der Waals surface area (Å²) >= 11 is 0. The van der Waals surface area contributed by atoms with E-state index in [-0.39, 0.29) is 5.91 Å². The van der Waals surface area contributed by atoms with E-state index in [2.05, 4.69) is 20.3 Å². The minimum Gasteiger partial charge on any atom is -0.494 e. The standard InChI is InChI=1S/C20H18FN5O2/c1-26-15(11-3-4-14-18(19(11)28-2)24-9-23-14)5-10-6-17(22-8-16(10)26)25-20(27)12-7-13(12)21/h3-6,8-9,12-13H,7H2,1-2H3,(H,23,24)(H,22,25,27). The number of anilines is 1. The third-order valence-electron chi connectivity index (χ3n) is 5.25. The number of methoxy groups -OCH3 is 1. The summed E-state index contributed by atoms with van der Waals surface area (Å²) in [6.07, 6.45) is 2.60. The zero-order chi connectivity index (χ0) is 19.4. The van der Waals surface area contributed by atoms with Gasteiger partial charge in [0.15, 0.2) is 5.75 Å². The maximum absolute atomic E-state index is 13.1. The average molecular weight is 379 g/mol. The Kier molecular flexibility index (Phi) is 3.61. The van der Waals surface area contributed by atoms with Gasteiger partial charge in [-0.1, -0.05) is 0 Å². The van der Waals surface area contributed by atoms with Crippen molar-refractivity contribution in [2.24, 2.45) is 13.0 Å². The minimum atomic E-state index is -1.03. The lowest BCUT2D eigenvalue weighted by Gasteiger charge is -2.10. The van der Waals surface area contributed by atoms with Crippen molar-refractivity contribution < 1.29 is 13.9 Å². The molecular weight excluding hydrogens is 361 g/mol. The van der Waals surface area contributed by atoms with Crippen LogP contribution < -0.4 is 10.1 Å². The SMILES string of the molecule is COc1c(-c2cc3cc(NC(=O)C4CC4F)ncc3n2C)ccc2[nH]cnc12. The number of ether oxygens (including phenoxy) is 1. The third kappa shape index (κ3) is 2.52. The summed E-state index contributed by atoms with van der Waals surface area (Å²) in [6.45, 7) is 0. The van der Waals surface area contributed by atoms with Crippen molar-refractivity contribution in [3.05, 3.63) is 36.8 Å². The quantitative estimate of drug-likeness (QED) is 0.569. The van der Waals surface area contributed by atoms with Crippen molar-refractivity contribution in [2.75, 3.05) is 12.4 Å². The molecule has 1 aliphatic carbocycles. The highest BCUT2D eigenvalue weighted by Gasteiger charge is 2.43. The number of halogens is 1. The zero-order valence-corrected chi connectivity index (χ0v) is 15.4. The minimum absolute atomic E-state index is 0.291. The number of imidazole rings is 1. The Morgan fingerprint density at radius 2 is 2.18 bits per heavy atom. The van der Waals surface area contributed by atoms with Gasteiger partial charge in [-0.3, -0.25) is 4.79 Å². The molecule has 7 nitrogen and oxygen atoms in total. The molecule has 1 aromatic carbocycles. The number of fused-ring (bicyclic) bond motifs is 2. The number of carbonyl (C=O) groups excluding carboxylic acids is 1. The number of hydrogen-bond acceptors (Lipinski definition) is 4. The maximum Gasteiger partial charge on any atom is 0.231 e. The van der Waals surface area contributed by atoms with Gasteiger partial charge >= 0.3 is 0 Å². The molecule has 3 heterocycles. The Morgan fingerprint density at radius 3 is 2.93 bits per heavy atom. The lowest BCUT2D eigenvalue weighted by molar-refractivity contribution is -0.117. The van der Waals surface area contributed by atoms with Crippen molar-refractivity contribution in [1.82, 2.24) is 19.5 Å². The summed E-state index contributed by atoms with van der Waals surface area (Å²) in [5.74, 6) is 0.243. The van der Waals surface area contributed by atoms with E-state index < -0.39 is 12.1 Å². The van der Waals surface area contributed by atoms with Crippen LogP contribution in [0.15, 0.2) is 36.8 Å². The molecule has 8 heteroatoms. The highest BCUT2D eigenvalue weighted by atomic mass is 19.1. The van der Waals surface area contributed by atoms with Gasteiger partial charge < -0.3 is 19.6 Å². The predicted octanol–water partition coefficient (Wildman–Crippen LogP) is 3.42. The molecule has 0 radical (unpaired) electrons. The molecular formula is C20H18FN5O2. The molecule has 142 valence electrons. The van der Waals surface area contributed by atoms with Gasteiger partial charge in [-0.15, -0.1) is 0 Å². The summed E-state index contributed by atoms with van der Waals surface area (Å²) in [7, 11) is 3.57. The highest BCUT2D eigenvalue weighted by Crippen LogP contribution is 2.38. The Balaban J connectivity index is 1.57. The van der Waals surface area contributed by atoms with Crippen molar-refractivity contribution in [2.45, 2.75) is 12.6 Å². The van der Waals surface area contributed by atoms with E-state index in [1.807, 2.05) is 29.8 Å². The van der Waals surface area contributed by atoms with Crippen molar-refractivity contribution >= 4 is 33.7 Å². The van der Waals surface area contributed by atoms with Crippen LogP contribution in [0.1, 0.15) is 6.42 Å². The number of nitrogens with zero attached hydrogens (tertiary/aromatic N) is 3. The van der Waals surface area contributed by atoms with E-state index in [0.717, 1.165) is 33.2 Å². The molecule has 0 bridgehead atoms. The van der Waals surface area contributed by atoms with Gasteiger partial charge in [0.2, 0.25) is 5.91 Å². The average Bonchev–Trinajstić information content (AvgIpc) is 3.10. The van der Waals surface area contributed by atoms with Crippen LogP contribution in [-0.4, -0.2) is 38.7 Å². The second-order valence-electron chi connectivity index (χ2n) is 7.01. The number of H-pyrrole nitrogens is 1. The van der Waals surface area contributed by atoms with Gasteiger partial charge in [-0.25, -0.2) is 14.4 Å². The van der Waals surface area contributed by atoms with Gasteiger partial charge in [0.05, 0.1) is 42.3 Å². The number of aromatic amines is 1. The van der Waals surface area contributed by atoms with Crippen molar-refractivity contribution in [3.63, 3.8) is 0 Å². The van der Waals surface area contributed by atoms with Crippen LogP contribution in [0.2, 0.25) is 0 Å². The van der Waals surface area contributed by atoms with Gasteiger partial charge in [-0.05, 0) is 30.7 Å². The number of amides is 1. The largest absolute Gasteiger partial charge is 0.494 e. The second kappa shape index (κ2) is 6.05. The summed E-state index contributed by atoms with van der Waals surface area (Å²) in [5, 5.41) is 3.62. The number of carbonyl (C=O) groups is 1. The number of aromatic nitrogens is 4. The van der Waals surface area contributed by atoms with Gasteiger partial charge in [0, 0.05) is 18.0 Å². The molecule has 2 atom stereocenters. The van der Waals surface area contributed by atoms with E-state index in [0.29, 0.717) is 18.0 Å². The lowest BCUT2D eigenvalue weighted by atomic mass is 10.1. The molecule has 0 aliphatic heterocycles. The molecule has 0 saturated heterocycles.